The number of benzene rings is 3. The minimum absolute atomic E-state index is 0.00697. The highest BCUT2D eigenvalue weighted by Gasteiger charge is 2.64. The fraction of sp³-hybridized carbons (Fsp3) is 0.488. The Bertz CT molecular complexity index is 2140. The van der Waals surface area contributed by atoms with Crippen LogP contribution in [0.5, 0.6) is 5.75 Å². The number of likely N-dealkylation sites (N-methyl/N-ethyl adjacent to an activating group) is 2. The highest BCUT2D eigenvalue weighted by atomic mass is 32.2. The van der Waals surface area contributed by atoms with Crippen LogP contribution in [0, 0.1) is 5.41 Å². The van der Waals surface area contributed by atoms with Crippen molar-refractivity contribution in [3.63, 3.8) is 0 Å². The maximum absolute atomic E-state index is 15.2. The van der Waals surface area contributed by atoms with E-state index in [9.17, 15) is 13.2 Å². The summed E-state index contributed by atoms with van der Waals surface area (Å²) in [5.41, 5.74) is 6.32. The van der Waals surface area contributed by atoms with Gasteiger partial charge in [-0.15, -0.1) is 0 Å². The van der Waals surface area contributed by atoms with Gasteiger partial charge in [0.15, 0.2) is 0 Å². The second-order valence-corrected chi connectivity index (χ2v) is 17.7. The van der Waals surface area contributed by atoms with Crippen LogP contribution in [-0.4, -0.2) is 86.3 Å². The molecule has 3 aromatic carbocycles. The van der Waals surface area contributed by atoms with Crippen LogP contribution < -0.4 is 9.46 Å². The lowest BCUT2D eigenvalue weighted by atomic mass is 9.81. The Morgan fingerprint density at radius 1 is 0.981 bits per heavy atom. The van der Waals surface area contributed by atoms with Gasteiger partial charge >= 0.3 is 10.2 Å². The van der Waals surface area contributed by atoms with Gasteiger partial charge in [0.1, 0.15) is 5.75 Å². The summed E-state index contributed by atoms with van der Waals surface area (Å²) in [5, 5.41) is 1.06. The summed E-state index contributed by atoms with van der Waals surface area (Å²) in [4.78, 5) is 33.1. The van der Waals surface area contributed by atoms with Gasteiger partial charge < -0.3 is 14.2 Å². The molecule has 0 spiro atoms. The molecule has 2 heterocycles. The quantitative estimate of drug-likeness (QED) is 0.156. The average Bonchev–Trinajstić information content (AvgIpc) is 3.85. The molecule has 0 bridgehead atoms. The molecule has 1 aromatic heterocycles. The van der Waals surface area contributed by atoms with E-state index in [1.54, 1.807) is 13.2 Å². The second-order valence-electron chi connectivity index (χ2n) is 15.8. The van der Waals surface area contributed by atoms with Gasteiger partial charge in [0.2, 0.25) is 5.91 Å². The van der Waals surface area contributed by atoms with Crippen molar-refractivity contribution in [2.24, 2.45) is 5.41 Å². The number of aromatic nitrogens is 1. The van der Waals surface area contributed by atoms with E-state index in [1.807, 2.05) is 36.2 Å². The molecular weight excluding hydrogens is 699 g/mol. The van der Waals surface area contributed by atoms with E-state index in [4.69, 9.17) is 4.74 Å². The Morgan fingerprint density at radius 2 is 1.72 bits per heavy atom. The maximum atomic E-state index is 15.2. The van der Waals surface area contributed by atoms with Crippen molar-refractivity contribution in [3.8, 4) is 17.0 Å². The normalized spacial score (nSPS) is 20.2. The summed E-state index contributed by atoms with van der Waals surface area (Å²) in [7, 11) is 2.45. The largest absolute Gasteiger partial charge is 0.497 e. The first kappa shape index (κ1) is 38.1. The summed E-state index contributed by atoms with van der Waals surface area (Å²) < 4.78 is 36.6. The number of methoxy groups -OCH3 is 1. The molecule has 2 amide bonds. The first-order valence-corrected chi connectivity index (χ1v) is 21.0. The molecule has 11 heteroatoms. The molecule has 1 N–H and O–H groups in total. The molecule has 3 aliphatic rings. The fourth-order valence-electron chi connectivity index (χ4n) is 9.18. The third-order valence-electron chi connectivity index (χ3n) is 12.4. The van der Waals surface area contributed by atoms with Crippen LogP contribution in [0.1, 0.15) is 97.7 Å². The lowest BCUT2D eigenvalue weighted by Crippen LogP contribution is -2.48. The topological polar surface area (TPSA) is 104 Å². The van der Waals surface area contributed by atoms with Gasteiger partial charge in [0, 0.05) is 74.8 Å². The third-order valence-corrected chi connectivity index (χ3v) is 13.8. The zero-order valence-corrected chi connectivity index (χ0v) is 33.4. The molecule has 2 aliphatic carbocycles. The molecule has 54 heavy (non-hydrogen) atoms. The smallest absolute Gasteiger partial charge is 0.303 e. The van der Waals surface area contributed by atoms with E-state index in [0.717, 1.165) is 89.5 Å². The number of carbonyl (C=O) groups is 2. The highest BCUT2D eigenvalue weighted by Crippen LogP contribution is 2.66. The SMILES string of the molecule is CC[C@H](CN(CC)Cc1ccccc1)N(C)C(=O)C12CC1c1cc(OC)ccc1-c1c(C3CCCCC3)c3ccc(C(=O)NS(=O)(=O)N(C)C)cc3n1C2. The second kappa shape index (κ2) is 15.2. The van der Waals surface area contributed by atoms with Gasteiger partial charge in [-0.25, -0.2) is 4.72 Å². The van der Waals surface area contributed by atoms with Crippen molar-refractivity contribution in [1.29, 1.82) is 0 Å². The monoisotopic (exact) mass is 753 g/mol. The number of amides is 2. The van der Waals surface area contributed by atoms with Crippen LogP contribution >= 0.6 is 0 Å². The maximum Gasteiger partial charge on any atom is 0.303 e. The summed E-state index contributed by atoms with van der Waals surface area (Å²) in [6.45, 7) is 7.28. The zero-order valence-electron chi connectivity index (χ0n) is 32.6. The molecule has 2 saturated carbocycles. The molecular formula is C43H55N5O5S. The Kier molecular flexibility index (Phi) is 10.7. The van der Waals surface area contributed by atoms with E-state index in [-0.39, 0.29) is 23.4 Å². The average molecular weight is 754 g/mol. The molecule has 10 nitrogen and oxygen atoms in total. The minimum Gasteiger partial charge on any atom is -0.497 e. The highest BCUT2D eigenvalue weighted by molar-refractivity contribution is 7.87. The molecule has 288 valence electrons. The standard InChI is InChI=1S/C43H55N5O5S/c1-7-32(27-47(8-2)26-29-15-11-9-12-16-29)46(5)42(50)43-25-37(43)36-24-33(53-6)20-22-34(36)40-39(30-17-13-10-14-18-30)35-21-19-31(23-38(35)48(40)28-43)41(49)44-54(51,52)45(3)4/h9,11-12,15-16,19-24,30,32,37H,7-8,10,13-14,17-18,25-28H2,1-6H3,(H,44,49)/t32-,37?,43?/m1/s1. The van der Waals surface area contributed by atoms with Crippen molar-refractivity contribution < 1.29 is 22.7 Å². The molecule has 2 unspecified atom stereocenters. The van der Waals surface area contributed by atoms with Crippen LogP contribution in [0.25, 0.3) is 22.2 Å². The number of hydrogen-bond donors (Lipinski definition) is 1. The third kappa shape index (κ3) is 6.95. The summed E-state index contributed by atoms with van der Waals surface area (Å²) >= 11 is 0. The van der Waals surface area contributed by atoms with Gasteiger partial charge in [0.05, 0.1) is 18.2 Å². The zero-order chi connectivity index (χ0) is 38.4. The Labute approximate surface area is 320 Å². The minimum atomic E-state index is -3.99. The van der Waals surface area contributed by atoms with E-state index in [0.29, 0.717) is 18.9 Å². The van der Waals surface area contributed by atoms with Crippen molar-refractivity contribution in [2.75, 3.05) is 41.3 Å². The van der Waals surface area contributed by atoms with Crippen molar-refractivity contribution >= 4 is 32.9 Å². The summed E-state index contributed by atoms with van der Waals surface area (Å²) in [6, 6.07) is 22.4. The van der Waals surface area contributed by atoms with Gasteiger partial charge in [-0.2, -0.15) is 12.7 Å². The molecule has 3 atom stereocenters. The van der Waals surface area contributed by atoms with Gasteiger partial charge in [-0.3, -0.25) is 14.5 Å². The van der Waals surface area contributed by atoms with Gasteiger partial charge in [-0.05, 0) is 85.2 Å². The van der Waals surface area contributed by atoms with Crippen molar-refractivity contribution in [3.05, 3.63) is 89.0 Å². The number of rotatable bonds is 13. The number of nitrogens with one attached hydrogen (secondary N) is 1. The Hall–Kier alpha value is -4.19. The molecule has 0 saturated heterocycles. The number of hydrogen-bond acceptors (Lipinski definition) is 6. The number of carbonyl (C=O) groups excluding carboxylic acids is 2. The van der Waals surface area contributed by atoms with Crippen LogP contribution in [0.2, 0.25) is 0 Å². The van der Waals surface area contributed by atoms with Gasteiger partial charge in [-0.1, -0.05) is 69.5 Å². The first-order valence-electron chi connectivity index (χ1n) is 19.5. The van der Waals surface area contributed by atoms with Crippen molar-refractivity contribution in [1.82, 2.24) is 23.4 Å². The van der Waals surface area contributed by atoms with Gasteiger partial charge in [0.25, 0.3) is 5.91 Å². The fourth-order valence-corrected chi connectivity index (χ4v) is 9.71. The predicted molar refractivity (Wildman–Crippen MR) is 214 cm³/mol. The molecule has 4 aromatic rings. The van der Waals surface area contributed by atoms with Crippen LogP contribution in [0.3, 0.4) is 0 Å². The number of fused-ring (bicyclic) bond motifs is 7. The summed E-state index contributed by atoms with van der Waals surface area (Å²) in [6.07, 6.45) is 7.22. The van der Waals surface area contributed by atoms with E-state index < -0.39 is 21.5 Å². The van der Waals surface area contributed by atoms with Crippen LogP contribution in [0.15, 0.2) is 66.7 Å². The lowest BCUT2D eigenvalue weighted by Gasteiger charge is -2.35. The van der Waals surface area contributed by atoms with E-state index in [2.05, 4.69) is 64.4 Å². The van der Waals surface area contributed by atoms with E-state index in [1.165, 1.54) is 31.6 Å². The molecule has 0 radical (unpaired) electrons. The molecule has 1 aliphatic heterocycles. The van der Waals surface area contributed by atoms with E-state index >= 15 is 4.79 Å². The summed E-state index contributed by atoms with van der Waals surface area (Å²) in [5.74, 6) is 0.567. The Balaban J connectivity index is 1.33. The Morgan fingerprint density at radius 3 is 2.39 bits per heavy atom. The van der Waals surface area contributed by atoms with Crippen molar-refractivity contribution in [2.45, 2.75) is 89.8 Å². The number of nitrogens with zero attached hydrogens (tertiary/aromatic N) is 4. The number of ether oxygens (including phenoxy) is 1. The first-order chi connectivity index (χ1) is 25.9. The predicted octanol–water partition coefficient (Wildman–Crippen LogP) is 7.15. The van der Waals surface area contributed by atoms with Crippen LogP contribution in [0.4, 0.5) is 0 Å². The molecule has 2 fully saturated rings. The lowest BCUT2D eigenvalue weighted by molar-refractivity contribution is -0.139. The molecule has 7 rings (SSSR count). The van der Waals surface area contributed by atoms with Crippen LogP contribution in [-0.2, 0) is 28.1 Å².